The summed E-state index contributed by atoms with van der Waals surface area (Å²) < 4.78 is 1.03. The molecule has 1 saturated carbocycles. The van der Waals surface area contributed by atoms with E-state index in [0.29, 0.717) is 13.0 Å². The Morgan fingerprint density at radius 1 is 1.21 bits per heavy atom. The van der Waals surface area contributed by atoms with Gasteiger partial charge in [0.25, 0.3) is 0 Å². The van der Waals surface area contributed by atoms with Crippen molar-refractivity contribution >= 4 is 27.7 Å². The maximum Gasteiger partial charge on any atom is 0.247 e. The summed E-state index contributed by atoms with van der Waals surface area (Å²) in [6.07, 6.45) is 2.24. The highest BCUT2D eigenvalue weighted by Gasteiger charge is 2.45. The van der Waals surface area contributed by atoms with Gasteiger partial charge in [0.1, 0.15) is 0 Å². The molecule has 1 aliphatic heterocycles. The van der Waals surface area contributed by atoms with Gasteiger partial charge >= 0.3 is 0 Å². The van der Waals surface area contributed by atoms with E-state index in [1.807, 2.05) is 24.3 Å². The minimum Gasteiger partial charge on any atom is -0.301 e. The molecule has 1 saturated heterocycles. The Balaban J connectivity index is 1.60. The van der Waals surface area contributed by atoms with Crippen LogP contribution in [0, 0.1) is 0 Å². The number of nitrogens with one attached hydrogen (secondary N) is 1. The molecule has 0 aromatic heterocycles. The first-order valence-corrected chi connectivity index (χ1v) is 7.28. The number of nitrogens with zero attached hydrogens (tertiary/aromatic N) is 1. The third kappa shape index (κ3) is 2.72. The molecule has 1 aromatic carbocycles. The minimum absolute atomic E-state index is 0.0270. The average Bonchev–Trinajstić information content (AvgIpc) is 3.17. The van der Waals surface area contributed by atoms with Crippen molar-refractivity contribution in [3.63, 3.8) is 0 Å². The second kappa shape index (κ2) is 5.06. The average molecular weight is 323 g/mol. The lowest BCUT2D eigenvalue weighted by molar-refractivity contribution is -0.139. The third-order valence-corrected chi connectivity index (χ3v) is 4.09. The number of amides is 2. The van der Waals surface area contributed by atoms with Gasteiger partial charge in [-0.05, 0) is 30.5 Å². The number of hydrogen-bond donors (Lipinski definition) is 1. The van der Waals surface area contributed by atoms with E-state index in [2.05, 4.69) is 21.2 Å². The molecule has 1 atom stereocenters. The molecule has 19 heavy (non-hydrogen) atoms. The quantitative estimate of drug-likeness (QED) is 0.860. The highest BCUT2D eigenvalue weighted by molar-refractivity contribution is 9.10. The Kier molecular flexibility index (Phi) is 3.41. The second-order valence-corrected chi connectivity index (χ2v) is 6.01. The van der Waals surface area contributed by atoms with Crippen LogP contribution in [0.1, 0.15) is 24.8 Å². The standard InChI is InChI=1S/C14H15BrN2O2/c15-10-3-1-9(2-4-10)8-16-12-7-13(18)17(14(12)19)11-5-6-11/h1-4,11-12,16H,5-8H2. The number of likely N-dealkylation sites (tertiary alicyclic amines) is 1. The molecule has 2 fully saturated rings. The van der Waals surface area contributed by atoms with Gasteiger partial charge in [-0.25, -0.2) is 0 Å². The fourth-order valence-electron chi connectivity index (χ4n) is 2.37. The summed E-state index contributed by atoms with van der Waals surface area (Å²) in [7, 11) is 0. The first-order chi connectivity index (χ1) is 9.15. The Labute approximate surface area is 120 Å². The molecule has 1 aromatic rings. The van der Waals surface area contributed by atoms with Crippen LogP contribution in [-0.2, 0) is 16.1 Å². The van der Waals surface area contributed by atoms with Crippen molar-refractivity contribution in [2.75, 3.05) is 0 Å². The van der Waals surface area contributed by atoms with Gasteiger partial charge in [0.15, 0.2) is 0 Å². The van der Waals surface area contributed by atoms with Crippen LogP contribution in [0.3, 0.4) is 0 Å². The predicted octanol–water partition coefficient (Wildman–Crippen LogP) is 1.83. The summed E-state index contributed by atoms with van der Waals surface area (Å²) in [5, 5.41) is 3.18. The molecule has 2 aliphatic rings. The van der Waals surface area contributed by atoms with Gasteiger partial charge in [-0.3, -0.25) is 14.5 Å². The van der Waals surface area contributed by atoms with E-state index in [1.165, 1.54) is 4.90 Å². The topological polar surface area (TPSA) is 49.4 Å². The van der Waals surface area contributed by atoms with E-state index < -0.39 is 0 Å². The maximum atomic E-state index is 12.1. The predicted molar refractivity (Wildman–Crippen MR) is 74.3 cm³/mol. The molecule has 4 nitrogen and oxygen atoms in total. The van der Waals surface area contributed by atoms with Gasteiger partial charge in [-0.1, -0.05) is 28.1 Å². The highest BCUT2D eigenvalue weighted by Crippen LogP contribution is 2.31. The summed E-state index contributed by atoms with van der Waals surface area (Å²) >= 11 is 3.39. The van der Waals surface area contributed by atoms with Crippen molar-refractivity contribution in [1.82, 2.24) is 10.2 Å². The number of carbonyl (C=O) groups excluding carboxylic acids is 2. The van der Waals surface area contributed by atoms with E-state index in [0.717, 1.165) is 22.9 Å². The van der Waals surface area contributed by atoms with Gasteiger partial charge in [0.05, 0.1) is 12.5 Å². The van der Waals surface area contributed by atoms with Crippen molar-refractivity contribution in [3.8, 4) is 0 Å². The highest BCUT2D eigenvalue weighted by atomic mass is 79.9. The molecule has 1 unspecified atom stereocenters. The Morgan fingerprint density at radius 3 is 2.53 bits per heavy atom. The van der Waals surface area contributed by atoms with Crippen molar-refractivity contribution in [2.45, 2.75) is 37.9 Å². The number of carbonyl (C=O) groups is 2. The second-order valence-electron chi connectivity index (χ2n) is 5.10. The smallest absolute Gasteiger partial charge is 0.247 e. The molecule has 3 rings (SSSR count). The monoisotopic (exact) mass is 322 g/mol. The zero-order valence-corrected chi connectivity index (χ0v) is 12.0. The van der Waals surface area contributed by atoms with Crippen molar-refractivity contribution in [2.24, 2.45) is 0 Å². The molecular weight excluding hydrogens is 308 g/mol. The van der Waals surface area contributed by atoms with E-state index in [-0.39, 0.29) is 23.9 Å². The van der Waals surface area contributed by atoms with Gasteiger partial charge in [-0.2, -0.15) is 0 Å². The first-order valence-electron chi connectivity index (χ1n) is 6.49. The van der Waals surface area contributed by atoms with Crippen molar-refractivity contribution in [1.29, 1.82) is 0 Å². The van der Waals surface area contributed by atoms with Gasteiger partial charge in [0.2, 0.25) is 11.8 Å². The van der Waals surface area contributed by atoms with E-state index in [4.69, 9.17) is 0 Å². The molecule has 5 heteroatoms. The number of benzene rings is 1. The molecule has 2 amide bonds. The SMILES string of the molecule is O=C1CC(NCc2ccc(Br)cc2)C(=O)N1C1CC1. The van der Waals surface area contributed by atoms with Crippen LogP contribution in [0.2, 0.25) is 0 Å². The third-order valence-electron chi connectivity index (χ3n) is 3.56. The Hall–Kier alpha value is -1.20. The van der Waals surface area contributed by atoms with E-state index >= 15 is 0 Å². The number of imide groups is 1. The zero-order valence-electron chi connectivity index (χ0n) is 10.4. The van der Waals surface area contributed by atoms with Crippen molar-refractivity contribution < 1.29 is 9.59 Å². The molecule has 0 spiro atoms. The van der Waals surface area contributed by atoms with Crippen LogP contribution >= 0.6 is 15.9 Å². The summed E-state index contributed by atoms with van der Waals surface area (Å²) in [6, 6.07) is 7.76. The number of rotatable bonds is 4. The molecule has 1 N–H and O–H groups in total. The van der Waals surface area contributed by atoms with Gasteiger partial charge in [-0.15, -0.1) is 0 Å². The molecular formula is C14H15BrN2O2. The van der Waals surface area contributed by atoms with Crippen LogP contribution in [0.15, 0.2) is 28.7 Å². The lowest BCUT2D eigenvalue weighted by Crippen LogP contribution is -2.39. The summed E-state index contributed by atoms with van der Waals surface area (Å²) in [4.78, 5) is 25.4. The number of hydrogen-bond acceptors (Lipinski definition) is 3. The van der Waals surface area contributed by atoms with Crippen LogP contribution in [-0.4, -0.2) is 28.8 Å². The van der Waals surface area contributed by atoms with Crippen molar-refractivity contribution in [3.05, 3.63) is 34.3 Å². The summed E-state index contributed by atoms with van der Waals surface area (Å²) in [6.45, 7) is 0.607. The lowest BCUT2D eigenvalue weighted by atomic mass is 10.2. The molecule has 0 radical (unpaired) electrons. The summed E-state index contributed by atoms with van der Waals surface area (Å²) in [5.41, 5.74) is 1.10. The van der Waals surface area contributed by atoms with Gasteiger partial charge < -0.3 is 5.32 Å². The Bertz CT molecular complexity index is 511. The fourth-order valence-corrected chi connectivity index (χ4v) is 2.63. The zero-order chi connectivity index (χ0) is 13.4. The maximum absolute atomic E-state index is 12.1. The molecule has 1 heterocycles. The van der Waals surface area contributed by atoms with Crippen LogP contribution < -0.4 is 5.32 Å². The largest absolute Gasteiger partial charge is 0.301 e. The van der Waals surface area contributed by atoms with Gasteiger partial charge in [0, 0.05) is 17.1 Å². The summed E-state index contributed by atoms with van der Waals surface area (Å²) in [5.74, 6) is -0.0783. The molecule has 100 valence electrons. The normalized spacial score (nSPS) is 23.2. The number of halogens is 1. The lowest BCUT2D eigenvalue weighted by Gasteiger charge is -2.14. The van der Waals surface area contributed by atoms with Crippen LogP contribution in [0.5, 0.6) is 0 Å². The first kappa shape index (κ1) is 12.8. The fraction of sp³-hybridized carbons (Fsp3) is 0.429. The van der Waals surface area contributed by atoms with E-state index in [1.54, 1.807) is 0 Å². The Morgan fingerprint density at radius 2 is 1.89 bits per heavy atom. The molecule has 1 aliphatic carbocycles. The van der Waals surface area contributed by atoms with Crippen LogP contribution in [0.25, 0.3) is 0 Å². The van der Waals surface area contributed by atoms with E-state index in [9.17, 15) is 9.59 Å². The molecule has 0 bridgehead atoms. The minimum atomic E-state index is -0.350. The van der Waals surface area contributed by atoms with Crippen LogP contribution in [0.4, 0.5) is 0 Å².